The minimum Gasteiger partial charge on any atom is -0.453 e. The van der Waals surface area contributed by atoms with Crippen molar-refractivity contribution in [2.75, 3.05) is 60.7 Å². The van der Waals surface area contributed by atoms with Crippen LogP contribution in [0.25, 0.3) is 44.7 Å². The Kier molecular flexibility index (Phi) is 13.8. The molecule has 3 aliphatic heterocycles. The van der Waals surface area contributed by atoms with E-state index in [-0.39, 0.29) is 49.3 Å². The van der Waals surface area contributed by atoms with Crippen molar-refractivity contribution < 1.29 is 42.9 Å². The molecule has 0 radical (unpaired) electrons. The molecule has 66 heavy (non-hydrogen) atoms. The van der Waals surface area contributed by atoms with Crippen molar-refractivity contribution in [3.8, 4) is 33.8 Å². The maximum Gasteiger partial charge on any atom is 0.409 e. The molecule has 0 bridgehead atoms. The van der Waals surface area contributed by atoms with Gasteiger partial charge in [0.2, 0.25) is 11.8 Å². The first-order valence-corrected chi connectivity index (χ1v) is 22.3. The second-order valence-electron chi connectivity index (χ2n) is 17.1. The Bertz CT molecular complexity index is 2550. The Morgan fingerprint density at radius 1 is 0.712 bits per heavy atom. The summed E-state index contributed by atoms with van der Waals surface area (Å²) in [6.07, 6.45) is 4.58. The molecule has 19 heteroatoms. The number of imidazole rings is 2. The van der Waals surface area contributed by atoms with Crippen LogP contribution in [-0.2, 0) is 28.5 Å². The van der Waals surface area contributed by atoms with Gasteiger partial charge in [0.25, 0.3) is 0 Å². The van der Waals surface area contributed by atoms with E-state index in [1.54, 1.807) is 17.3 Å². The number of likely N-dealkylation sites (tertiary alicyclic amines) is 1. The number of alkyl carbamates (subject to hydrolysis) is 2. The highest BCUT2D eigenvalue weighted by atomic mass is 16.5. The first-order valence-electron chi connectivity index (χ1n) is 22.3. The van der Waals surface area contributed by atoms with Gasteiger partial charge in [-0.15, -0.1) is 0 Å². The van der Waals surface area contributed by atoms with Crippen LogP contribution < -0.4 is 10.6 Å². The number of ether oxygens (including phenoxy) is 4. The number of nitrogens with zero attached hydrogens (tertiary/aromatic N) is 6. The van der Waals surface area contributed by atoms with E-state index in [0.717, 1.165) is 57.5 Å². The summed E-state index contributed by atoms with van der Waals surface area (Å²) in [6.45, 7) is 5.94. The molecular formula is C47H56N10O9. The van der Waals surface area contributed by atoms with E-state index in [9.17, 15) is 24.0 Å². The van der Waals surface area contributed by atoms with Crippen LogP contribution in [0, 0.1) is 11.8 Å². The number of aromatic nitrogens is 5. The number of carbonyl (C=O) groups excluding carboxylic acids is 5. The number of carbonyl (C=O) groups is 5. The third kappa shape index (κ3) is 9.66. The van der Waals surface area contributed by atoms with Gasteiger partial charge >= 0.3 is 18.3 Å². The number of rotatable bonds is 11. The van der Waals surface area contributed by atoms with E-state index in [1.807, 2.05) is 67.3 Å². The number of nitrogens with one attached hydrogen (secondary N) is 4. The van der Waals surface area contributed by atoms with E-state index in [2.05, 4.69) is 31.7 Å². The number of hydrogen-bond donors (Lipinski definition) is 4. The number of benzene rings is 2. The van der Waals surface area contributed by atoms with E-state index in [4.69, 9.17) is 28.9 Å². The summed E-state index contributed by atoms with van der Waals surface area (Å²) < 4.78 is 20.2. The number of aromatic amines is 2. The number of fused-ring (bicyclic) bond motifs is 1. The average molecular weight is 905 g/mol. The standard InChI is InChI=1S/C47H56N10O9/c1-27(2)39(53-45(60)63-3)43(58)57-20-19-55(47(62)65-5)26-38(57)42-49-24-35(51-42)29-10-8-28(9-11-29)33-14-12-31-23-32(13-15-34(31)50-33)36-25-48-41(52-36)37-7-6-18-56(37)44(59)40(54-46(61)64-4)30-16-21-66-22-17-30/h8-15,23-25,27,30,37-40H,6-7,16-22,26H2,1-5H3,(H,48,52)(H,49,51)(H,53,60)(H,54,61)/t37-,38-,39-,40-/m0/s1. The largest absolute Gasteiger partial charge is 0.453 e. The van der Waals surface area contributed by atoms with Crippen LogP contribution >= 0.6 is 0 Å². The molecule has 6 heterocycles. The number of hydrogen-bond acceptors (Lipinski definition) is 12. The fourth-order valence-corrected chi connectivity index (χ4v) is 9.14. The van der Waals surface area contributed by atoms with E-state index < -0.39 is 36.4 Å². The molecular weight excluding hydrogens is 849 g/mol. The molecule has 0 aliphatic carbocycles. The third-order valence-corrected chi connectivity index (χ3v) is 12.8. The number of piperazine rings is 1. The van der Waals surface area contributed by atoms with Crippen LogP contribution in [0.1, 0.15) is 63.3 Å². The van der Waals surface area contributed by atoms with Crippen molar-refractivity contribution in [1.82, 2.24) is 50.3 Å². The molecule has 4 N–H and O–H groups in total. The van der Waals surface area contributed by atoms with Crippen molar-refractivity contribution >= 4 is 41.0 Å². The maximum atomic E-state index is 14.0. The van der Waals surface area contributed by atoms with Crippen LogP contribution in [0.3, 0.4) is 0 Å². The molecule has 2 aromatic carbocycles. The lowest BCUT2D eigenvalue weighted by Gasteiger charge is -2.41. The van der Waals surface area contributed by atoms with Gasteiger partial charge in [-0.2, -0.15) is 0 Å². The molecule has 348 valence electrons. The quantitative estimate of drug-likeness (QED) is 0.115. The highest BCUT2D eigenvalue weighted by molar-refractivity contribution is 5.88. The summed E-state index contributed by atoms with van der Waals surface area (Å²) >= 11 is 0. The van der Waals surface area contributed by atoms with E-state index in [1.165, 1.54) is 26.2 Å². The van der Waals surface area contributed by atoms with Gasteiger partial charge in [0, 0.05) is 49.4 Å². The summed E-state index contributed by atoms with van der Waals surface area (Å²) in [5.74, 6) is 0.458. The summed E-state index contributed by atoms with van der Waals surface area (Å²) in [6, 6.07) is 15.5. The van der Waals surface area contributed by atoms with Crippen LogP contribution in [0.15, 0.2) is 67.0 Å². The van der Waals surface area contributed by atoms with Gasteiger partial charge in [0.15, 0.2) is 0 Å². The fourth-order valence-electron chi connectivity index (χ4n) is 9.14. The van der Waals surface area contributed by atoms with Gasteiger partial charge < -0.3 is 54.2 Å². The summed E-state index contributed by atoms with van der Waals surface area (Å²) in [4.78, 5) is 91.2. The van der Waals surface area contributed by atoms with Crippen molar-refractivity contribution in [3.63, 3.8) is 0 Å². The minimum atomic E-state index is -0.850. The number of H-pyrrole nitrogens is 2. The zero-order valence-electron chi connectivity index (χ0n) is 37.7. The molecule has 0 spiro atoms. The van der Waals surface area contributed by atoms with Crippen molar-refractivity contribution in [2.24, 2.45) is 11.8 Å². The first-order chi connectivity index (χ1) is 32.0. The molecule has 3 aliphatic rings. The zero-order chi connectivity index (χ0) is 46.5. The van der Waals surface area contributed by atoms with Crippen LogP contribution in [0.2, 0.25) is 0 Å². The minimum absolute atomic E-state index is 0.0476. The lowest BCUT2D eigenvalue weighted by Crippen LogP contribution is -2.58. The average Bonchev–Trinajstić information content (AvgIpc) is 4.16. The molecule has 3 aromatic heterocycles. The van der Waals surface area contributed by atoms with Crippen molar-refractivity contribution in [1.29, 1.82) is 0 Å². The Morgan fingerprint density at radius 2 is 1.35 bits per heavy atom. The Balaban J connectivity index is 0.960. The summed E-state index contributed by atoms with van der Waals surface area (Å²) in [5.41, 5.74) is 5.85. The highest BCUT2D eigenvalue weighted by Crippen LogP contribution is 2.35. The van der Waals surface area contributed by atoms with Crippen LogP contribution in [-0.4, -0.2) is 143 Å². The van der Waals surface area contributed by atoms with Crippen molar-refractivity contribution in [2.45, 2.75) is 63.7 Å². The number of pyridine rings is 1. The van der Waals surface area contributed by atoms with Gasteiger partial charge in [0.05, 0.1) is 68.9 Å². The SMILES string of the molecule is COC(=O)N[C@H](C(=O)N1CCN(C(=O)OC)C[C@H]1c1ncc(-c2ccc(-c3ccc4cc(-c5cnc([C@@H]6CCCN6C(=O)[C@@H](NC(=O)OC)C6CCOCC6)[nH]5)ccc4n3)cc2)[nH]1)C(C)C. The lowest BCUT2D eigenvalue weighted by atomic mass is 9.90. The molecule has 0 saturated carbocycles. The molecule has 5 aromatic rings. The highest BCUT2D eigenvalue weighted by Gasteiger charge is 2.41. The molecule has 19 nitrogen and oxygen atoms in total. The van der Waals surface area contributed by atoms with Gasteiger partial charge in [-0.1, -0.05) is 50.2 Å². The van der Waals surface area contributed by atoms with Crippen molar-refractivity contribution in [3.05, 3.63) is 78.6 Å². The van der Waals surface area contributed by atoms with Gasteiger partial charge in [-0.05, 0) is 61.3 Å². The van der Waals surface area contributed by atoms with Gasteiger partial charge in [-0.25, -0.2) is 29.3 Å². The molecule has 3 fully saturated rings. The van der Waals surface area contributed by atoms with Crippen LogP contribution in [0.4, 0.5) is 14.4 Å². The smallest absolute Gasteiger partial charge is 0.409 e. The van der Waals surface area contributed by atoms with E-state index in [0.29, 0.717) is 44.2 Å². The molecule has 0 unspecified atom stereocenters. The first kappa shape index (κ1) is 45.5. The monoisotopic (exact) mass is 904 g/mol. The molecule has 3 saturated heterocycles. The molecule has 8 rings (SSSR count). The zero-order valence-corrected chi connectivity index (χ0v) is 37.7. The summed E-state index contributed by atoms with van der Waals surface area (Å²) in [7, 11) is 3.86. The normalized spacial score (nSPS) is 18.8. The van der Waals surface area contributed by atoms with Gasteiger partial charge in [-0.3, -0.25) is 9.59 Å². The van der Waals surface area contributed by atoms with E-state index >= 15 is 0 Å². The third-order valence-electron chi connectivity index (χ3n) is 12.8. The Labute approximate surface area is 381 Å². The predicted octanol–water partition coefficient (Wildman–Crippen LogP) is 5.83. The molecule has 5 amide bonds. The Hall–Kier alpha value is -7.02. The fraction of sp³-hybridized carbons (Fsp3) is 0.447. The second kappa shape index (κ2) is 20.0. The number of amides is 5. The van der Waals surface area contributed by atoms with Crippen LogP contribution in [0.5, 0.6) is 0 Å². The van der Waals surface area contributed by atoms with Gasteiger partial charge in [0.1, 0.15) is 29.8 Å². The maximum absolute atomic E-state index is 14.0. The topological polar surface area (TPSA) is 226 Å². The predicted molar refractivity (Wildman–Crippen MR) is 242 cm³/mol. The summed E-state index contributed by atoms with van der Waals surface area (Å²) in [5, 5.41) is 6.41. The molecule has 4 atom stereocenters. The Morgan fingerprint density at radius 3 is 2.03 bits per heavy atom. The second-order valence-corrected chi connectivity index (χ2v) is 17.1. The number of methoxy groups -OCH3 is 3. The lowest BCUT2D eigenvalue weighted by molar-refractivity contribution is -0.139.